The molecule has 0 radical (unpaired) electrons. The van der Waals surface area contributed by atoms with Gasteiger partial charge in [-0.05, 0) is 25.5 Å². The number of pyridine rings is 1. The van der Waals surface area contributed by atoms with Gasteiger partial charge >= 0.3 is 0 Å². The molecule has 2 rings (SSSR count). The number of fused-ring (bicyclic) bond motifs is 1. The van der Waals surface area contributed by atoms with E-state index < -0.39 is 5.41 Å². The van der Waals surface area contributed by atoms with Crippen LogP contribution in [-0.2, 0) is 11.8 Å². The molecule has 0 saturated carbocycles. The SMILES string of the molecule is CC(C)(C#N)c1cnc2c(c1)SC(=S)C2. The highest BCUT2D eigenvalue weighted by Crippen LogP contribution is 2.35. The van der Waals surface area contributed by atoms with Crippen molar-refractivity contribution in [3.63, 3.8) is 0 Å². The van der Waals surface area contributed by atoms with E-state index in [0.717, 1.165) is 26.8 Å². The molecule has 4 heteroatoms. The Bertz CT molecular complexity index is 472. The number of nitrogens with zero attached hydrogens (tertiary/aromatic N) is 2. The van der Waals surface area contributed by atoms with E-state index in [9.17, 15) is 0 Å². The Morgan fingerprint density at radius 1 is 1.60 bits per heavy atom. The van der Waals surface area contributed by atoms with E-state index in [1.165, 1.54) is 0 Å². The van der Waals surface area contributed by atoms with Gasteiger partial charge < -0.3 is 0 Å². The molecule has 1 aromatic heterocycles. The number of hydrogen-bond donors (Lipinski definition) is 0. The first-order valence-corrected chi connectivity index (χ1v) is 5.87. The van der Waals surface area contributed by atoms with Crippen LogP contribution in [0.1, 0.15) is 25.1 Å². The molecule has 0 aliphatic carbocycles. The van der Waals surface area contributed by atoms with Crippen molar-refractivity contribution in [1.82, 2.24) is 4.98 Å². The third-order valence-electron chi connectivity index (χ3n) is 2.47. The summed E-state index contributed by atoms with van der Waals surface area (Å²) in [5, 5.41) is 9.04. The van der Waals surface area contributed by atoms with E-state index in [-0.39, 0.29) is 0 Å². The predicted molar refractivity (Wildman–Crippen MR) is 65.0 cm³/mol. The number of nitriles is 1. The molecule has 0 aromatic carbocycles. The highest BCUT2D eigenvalue weighted by Gasteiger charge is 2.24. The number of aromatic nitrogens is 1. The lowest BCUT2D eigenvalue weighted by molar-refractivity contribution is 0.678. The second-order valence-electron chi connectivity index (χ2n) is 4.06. The Balaban J connectivity index is 2.45. The normalized spacial score (nSPS) is 14.9. The van der Waals surface area contributed by atoms with Crippen LogP contribution in [0.5, 0.6) is 0 Å². The maximum absolute atomic E-state index is 9.04. The summed E-state index contributed by atoms with van der Waals surface area (Å²) >= 11 is 6.74. The zero-order valence-electron chi connectivity index (χ0n) is 8.57. The van der Waals surface area contributed by atoms with Gasteiger partial charge in [-0.1, -0.05) is 24.0 Å². The Kier molecular flexibility index (Phi) is 2.53. The molecule has 1 aromatic rings. The van der Waals surface area contributed by atoms with E-state index in [1.54, 1.807) is 18.0 Å². The standard InChI is InChI=1S/C11H10N2S2/c1-11(2,6-12)7-3-9-8(13-5-7)4-10(14)15-9/h3,5H,4H2,1-2H3. The minimum absolute atomic E-state index is 0.479. The molecular weight excluding hydrogens is 224 g/mol. The molecule has 0 N–H and O–H groups in total. The van der Waals surface area contributed by atoms with Crippen molar-refractivity contribution in [3.8, 4) is 6.07 Å². The number of thioether (sulfide) groups is 1. The highest BCUT2D eigenvalue weighted by molar-refractivity contribution is 8.23. The quantitative estimate of drug-likeness (QED) is 0.700. The molecule has 0 atom stereocenters. The van der Waals surface area contributed by atoms with Gasteiger partial charge in [-0.3, -0.25) is 4.98 Å². The van der Waals surface area contributed by atoms with Gasteiger partial charge in [0.05, 0.1) is 21.4 Å². The number of hydrogen-bond acceptors (Lipinski definition) is 4. The molecule has 1 aliphatic rings. The first kappa shape index (κ1) is 10.6. The molecule has 2 heterocycles. The van der Waals surface area contributed by atoms with Crippen molar-refractivity contribution < 1.29 is 0 Å². The van der Waals surface area contributed by atoms with Gasteiger partial charge in [0, 0.05) is 17.5 Å². The zero-order valence-corrected chi connectivity index (χ0v) is 10.2. The lowest BCUT2D eigenvalue weighted by atomic mass is 9.87. The van der Waals surface area contributed by atoms with E-state index >= 15 is 0 Å². The fraction of sp³-hybridized carbons (Fsp3) is 0.364. The fourth-order valence-corrected chi connectivity index (χ4v) is 2.68. The summed E-state index contributed by atoms with van der Waals surface area (Å²) in [6, 6.07) is 4.32. The van der Waals surface area contributed by atoms with Crippen molar-refractivity contribution in [1.29, 1.82) is 5.26 Å². The van der Waals surface area contributed by atoms with Crippen LogP contribution >= 0.6 is 24.0 Å². The van der Waals surface area contributed by atoms with Crippen LogP contribution in [0.2, 0.25) is 0 Å². The van der Waals surface area contributed by atoms with Crippen molar-refractivity contribution in [2.45, 2.75) is 30.6 Å². The summed E-state index contributed by atoms with van der Waals surface area (Å²) in [5.41, 5.74) is 1.52. The fourth-order valence-electron chi connectivity index (χ4n) is 1.40. The molecule has 2 nitrogen and oxygen atoms in total. The van der Waals surface area contributed by atoms with E-state index in [1.807, 2.05) is 19.9 Å². The molecule has 1 aliphatic heterocycles. The monoisotopic (exact) mass is 234 g/mol. The molecule has 76 valence electrons. The summed E-state index contributed by atoms with van der Waals surface area (Å²) in [6.07, 6.45) is 2.57. The summed E-state index contributed by atoms with van der Waals surface area (Å²) in [6.45, 7) is 3.79. The molecule has 15 heavy (non-hydrogen) atoms. The number of rotatable bonds is 1. The van der Waals surface area contributed by atoms with E-state index in [4.69, 9.17) is 17.5 Å². The number of thiocarbonyl (C=S) groups is 1. The molecule has 0 fully saturated rings. The van der Waals surface area contributed by atoms with Crippen molar-refractivity contribution >= 4 is 28.2 Å². The van der Waals surface area contributed by atoms with Crippen LogP contribution in [0.3, 0.4) is 0 Å². The average Bonchev–Trinajstić information content (AvgIpc) is 2.56. The Hall–Kier alpha value is -0.920. The van der Waals surface area contributed by atoms with Gasteiger partial charge in [0.2, 0.25) is 0 Å². The summed E-state index contributed by atoms with van der Waals surface area (Å²) in [7, 11) is 0. The maximum Gasteiger partial charge on any atom is 0.0781 e. The van der Waals surface area contributed by atoms with Crippen molar-refractivity contribution in [2.24, 2.45) is 0 Å². The summed E-state index contributed by atoms with van der Waals surface area (Å²) in [4.78, 5) is 5.48. The molecule has 0 spiro atoms. The Morgan fingerprint density at radius 2 is 2.33 bits per heavy atom. The summed E-state index contributed by atoms with van der Waals surface area (Å²) < 4.78 is 0.962. The van der Waals surface area contributed by atoms with Gasteiger partial charge in [0.15, 0.2) is 0 Å². The molecular formula is C11H10N2S2. The maximum atomic E-state index is 9.04. The summed E-state index contributed by atoms with van der Waals surface area (Å²) in [5.74, 6) is 0. The predicted octanol–water partition coefficient (Wildman–Crippen LogP) is 2.86. The van der Waals surface area contributed by atoms with E-state index in [0.29, 0.717) is 0 Å². The minimum atomic E-state index is -0.479. The van der Waals surface area contributed by atoms with Crippen LogP contribution < -0.4 is 0 Å². The minimum Gasteiger partial charge on any atom is -0.259 e. The smallest absolute Gasteiger partial charge is 0.0781 e. The molecule has 0 saturated heterocycles. The van der Waals surface area contributed by atoms with Crippen LogP contribution in [-0.4, -0.2) is 9.18 Å². The third-order valence-corrected chi connectivity index (χ3v) is 3.81. The second kappa shape index (κ2) is 3.58. The first-order valence-electron chi connectivity index (χ1n) is 4.64. The van der Waals surface area contributed by atoms with Gasteiger partial charge in [-0.25, -0.2) is 0 Å². The van der Waals surface area contributed by atoms with Crippen molar-refractivity contribution in [2.75, 3.05) is 0 Å². The van der Waals surface area contributed by atoms with Crippen LogP contribution in [0.15, 0.2) is 17.2 Å². The zero-order chi connectivity index (χ0) is 11.1. The Morgan fingerprint density at radius 3 is 3.00 bits per heavy atom. The highest BCUT2D eigenvalue weighted by atomic mass is 32.2. The molecule has 0 bridgehead atoms. The molecule has 0 unspecified atom stereocenters. The van der Waals surface area contributed by atoms with Crippen LogP contribution in [0.4, 0.5) is 0 Å². The Labute approximate surface area is 98.7 Å². The van der Waals surface area contributed by atoms with Crippen LogP contribution in [0.25, 0.3) is 0 Å². The topological polar surface area (TPSA) is 36.7 Å². The van der Waals surface area contributed by atoms with E-state index in [2.05, 4.69) is 11.1 Å². The van der Waals surface area contributed by atoms with Gasteiger partial charge in [0.1, 0.15) is 0 Å². The van der Waals surface area contributed by atoms with Crippen molar-refractivity contribution in [3.05, 3.63) is 23.5 Å². The first-order chi connectivity index (χ1) is 7.03. The second-order valence-corrected chi connectivity index (χ2v) is 5.94. The molecule has 0 amide bonds. The average molecular weight is 234 g/mol. The third kappa shape index (κ3) is 1.90. The van der Waals surface area contributed by atoms with Gasteiger partial charge in [0.25, 0.3) is 0 Å². The largest absolute Gasteiger partial charge is 0.259 e. The van der Waals surface area contributed by atoms with Gasteiger partial charge in [-0.2, -0.15) is 5.26 Å². The van der Waals surface area contributed by atoms with Crippen LogP contribution in [0, 0.1) is 11.3 Å². The lowest BCUT2D eigenvalue weighted by Crippen LogP contribution is -2.14. The van der Waals surface area contributed by atoms with Gasteiger partial charge in [-0.15, -0.1) is 0 Å². The lowest BCUT2D eigenvalue weighted by Gasteiger charge is -2.15.